The number of para-hydroxylation sites is 1. The molecule has 21 heavy (non-hydrogen) atoms. The van der Waals surface area contributed by atoms with Gasteiger partial charge in [0.2, 0.25) is 5.91 Å². The molecule has 1 aromatic rings. The van der Waals surface area contributed by atoms with Gasteiger partial charge in [-0.1, -0.05) is 45.9 Å². The van der Waals surface area contributed by atoms with Crippen LogP contribution in [0.3, 0.4) is 0 Å². The lowest BCUT2D eigenvalue weighted by molar-refractivity contribution is -0.119. The topological polar surface area (TPSA) is 46.3 Å². The van der Waals surface area contributed by atoms with Gasteiger partial charge in [0.1, 0.15) is 0 Å². The first-order chi connectivity index (χ1) is 9.78. The van der Waals surface area contributed by atoms with E-state index in [1.165, 1.54) is 0 Å². The van der Waals surface area contributed by atoms with Crippen LogP contribution in [0.1, 0.15) is 58.6 Å². The van der Waals surface area contributed by atoms with Crippen LogP contribution in [0.4, 0.5) is 5.69 Å². The van der Waals surface area contributed by atoms with Gasteiger partial charge >= 0.3 is 0 Å². The van der Waals surface area contributed by atoms with Crippen LogP contribution in [0.15, 0.2) is 24.3 Å². The number of hydrogen-bond acceptors (Lipinski definition) is 2. The maximum Gasteiger partial charge on any atom is 0.227 e. The third-order valence-corrected chi connectivity index (χ3v) is 4.08. The molecule has 0 spiro atoms. The lowest BCUT2D eigenvalue weighted by Crippen LogP contribution is -2.39. The number of nitrogens with zero attached hydrogens (tertiary/aromatic N) is 1. The van der Waals surface area contributed by atoms with Crippen molar-refractivity contribution in [3.63, 3.8) is 0 Å². The summed E-state index contributed by atoms with van der Waals surface area (Å²) in [5.41, 5.74) is 8.52. The van der Waals surface area contributed by atoms with Gasteiger partial charge in [0.25, 0.3) is 0 Å². The van der Waals surface area contributed by atoms with Crippen LogP contribution in [0.5, 0.6) is 0 Å². The van der Waals surface area contributed by atoms with Crippen molar-refractivity contribution in [3.05, 3.63) is 29.8 Å². The molecule has 1 aliphatic heterocycles. The summed E-state index contributed by atoms with van der Waals surface area (Å²) in [5, 5.41) is 0. The Morgan fingerprint density at radius 2 is 2.05 bits per heavy atom. The number of nitrogens with two attached hydrogens (primary N) is 1. The van der Waals surface area contributed by atoms with Crippen molar-refractivity contribution in [2.75, 3.05) is 11.4 Å². The highest BCUT2D eigenvalue weighted by molar-refractivity contribution is 5.94. The van der Waals surface area contributed by atoms with Gasteiger partial charge in [-0.15, -0.1) is 0 Å². The molecule has 0 radical (unpaired) electrons. The van der Waals surface area contributed by atoms with Crippen LogP contribution in [0.2, 0.25) is 0 Å². The number of hydrogen-bond donors (Lipinski definition) is 1. The molecule has 1 heterocycles. The van der Waals surface area contributed by atoms with Gasteiger partial charge in [-0.2, -0.15) is 0 Å². The lowest BCUT2D eigenvalue weighted by Gasteiger charge is -2.34. The molecule has 0 fully saturated rings. The average Bonchev–Trinajstić information content (AvgIpc) is 2.37. The second-order valence-electron chi connectivity index (χ2n) is 7.57. The van der Waals surface area contributed by atoms with Gasteiger partial charge in [-0.25, -0.2) is 0 Å². The third-order valence-electron chi connectivity index (χ3n) is 4.08. The highest BCUT2D eigenvalue weighted by atomic mass is 16.2. The number of carbonyl (C=O) groups is 1. The van der Waals surface area contributed by atoms with Crippen LogP contribution in [0.25, 0.3) is 0 Å². The predicted molar refractivity (Wildman–Crippen MR) is 88.2 cm³/mol. The number of amides is 1. The van der Waals surface area contributed by atoms with Crippen molar-refractivity contribution in [1.82, 2.24) is 0 Å². The van der Waals surface area contributed by atoms with Gasteiger partial charge in [0.05, 0.1) is 0 Å². The molecule has 116 valence electrons. The van der Waals surface area contributed by atoms with Crippen molar-refractivity contribution in [3.8, 4) is 0 Å². The van der Waals surface area contributed by atoms with Gasteiger partial charge in [-0.3, -0.25) is 4.79 Å². The molecule has 0 saturated carbocycles. The summed E-state index contributed by atoms with van der Waals surface area (Å²) in [4.78, 5) is 14.6. The third kappa shape index (κ3) is 4.07. The van der Waals surface area contributed by atoms with Crippen molar-refractivity contribution < 1.29 is 4.79 Å². The quantitative estimate of drug-likeness (QED) is 0.917. The molecule has 3 heteroatoms. The van der Waals surface area contributed by atoms with Crippen LogP contribution in [-0.4, -0.2) is 12.5 Å². The number of rotatable bonds is 3. The minimum atomic E-state index is 0.0530. The highest BCUT2D eigenvalue weighted by Gasteiger charge is 2.27. The zero-order valence-corrected chi connectivity index (χ0v) is 13.7. The molecule has 0 bridgehead atoms. The minimum absolute atomic E-state index is 0.0530. The largest absolute Gasteiger partial charge is 0.324 e. The number of anilines is 1. The zero-order chi connectivity index (χ0) is 15.6. The molecule has 0 saturated heterocycles. The van der Waals surface area contributed by atoms with E-state index in [0.29, 0.717) is 12.3 Å². The van der Waals surface area contributed by atoms with E-state index < -0.39 is 0 Å². The Bertz CT molecular complexity index is 504. The number of carbonyl (C=O) groups excluding carboxylic acids is 1. The Kier molecular flexibility index (Phi) is 4.72. The summed E-state index contributed by atoms with van der Waals surface area (Å²) in [5.74, 6) is 0.631. The maximum atomic E-state index is 12.6. The summed E-state index contributed by atoms with van der Waals surface area (Å²) in [7, 11) is 0. The van der Waals surface area contributed by atoms with Gasteiger partial charge in [0, 0.05) is 24.7 Å². The second-order valence-corrected chi connectivity index (χ2v) is 7.57. The zero-order valence-electron chi connectivity index (χ0n) is 13.7. The minimum Gasteiger partial charge on any atom is -0.324 e. The van der Waals surface area contributed by atoms with Gasteiger partial charge in [0.15, 0.2) is 0 Å². The molecule has 1 aromatic carbocycles. The number of fused-ring (bicyclic) bond motifs is 1. The standard InChI is InChI=1S/C18H28N2O/c1-13(12-18(2,3)4)11-17(21)20-10-9-15(19)14-7-5-6-8-16(14)20/h5-8,13,15H,9-12,19H2,1-4H3. The predicted octanol–water partition coefficient (Wildman–Crippen LogP) is 3.89. The summed E-state index contributed by atoms with van der Waals surface area (Å²) < 4.78 is 0. The molecule has 2 N–H and O–H groups in total. The van der Waals surface area contributed by atoms with Crippen LogP contribution in [-0.2, 0) is 4.79 Å². The second kappa shape index (κ2) is 6.18. The summed E-state index contributed by atoms with van der Waals surface area (Å²) in [6, 6.07) is 8.08. The van der Waals surface area contributed by atoms with Crippen molar-refractivity contribution in [2.24, 2.45) is 17.1 Å². The fourth-order valence-corrected chi connectivity index (χ4v) is 3.38. The molecule has 1 aliphatic rings. The van der Waals surface area contributed by atoms with E-state index in [0.717, 1.165) is 30.6 Å². The molecule has 0 aliphatic carbocycles. The Morgan fingerprint density at radius 3 is 2.71 bits per heavy atom. The molecule has 0 aromatic heterocycles. The first kappa shape index (κ1) is 16.0. The van der Waals surface area contributed by atoms with Crippen LogP contribution >= 0.6 is 0 Å². The van der Waals surface area contributed by atoms with E-state index in [4.69, 9.17) is 5.73 Å². The fraction of sp³-hybridized carbons (Fsp3) is 0.611. The highest BCUT2D eigenvalue weighted by Crippen LogP contribution is 2.33. The van der Waals surface area contributed by atoms with E-state index in [-0.39, 0.29) is 17.4 Å². The Labute approximate surface area is 128 Å². The summed E-state index contributed by atoms with van der Waals surface area (Å²) in [6.45, 7) is 9.58. The van der Waals surface area contributed by atoms with Crippen molar-refractivity contribution >= 4 is 11.6 Å². The monoisotopic (exact) mass is 288 g/mol. The Morgan fingerprint density at radius 1 is 1.38 bits per heavy atom. The fourth-order valence-electron chi connectivity index (χ4n) is 3.38. The summed E-state index contributed by atoms with van der Waals surface area (Å²) in [6.07, 6.45) is 2.52. The first-order valence-corrected chi connectivity index (χ1v) is 7.93. The Balaban J connectivity index is 2.09. The van der Waals surface area contributed by atoms with Gasteiger partial charge < -0.3 is 10.6 Å². The molecule has 2 rings (SSSR count). The summed E-state index contributed by atoms with van der Waals surface area (Å²) >= 11 is 0. The molecular weight excluding hydrogens is 260 g/mol. The average molecular weight is 288 g/mol. The normalized spacial score (nSPS) is 20.0. The molecule has 2 atom stereocenters. The molecular formula is C18H28N2O. The van der Waals surface area contributed by atoms with E-state index >= 15 is 0 Å². The molecule has 3 nitrogen and oxygen atoms in total. The van der Waals surface area contributed by atoms with Crippen LogP contribution < -0.4 is 10.6 Å². The lowest BCUT2D eigenvalue weighted by atomic mass is 9.84. The maximum absolute atomic E-state index is 12.6. The van der Waals surface area contributed by atoms with Gasteiger partial charge in [-0.05, 0) is 35.8 Å². The molecule has 1 amide bonds. The van der Waals surface area contributed by atoms with Crippen molar-refractivity contribution in [2.45, 2.75) is 53.0 Å². The molecule has 2 unspecified atom stereocenters. The van der Waals surface area contributed by atoms with E-state index in [9.17, 15) is 4.79 Å². The van der Waals surface area contributed by atoms with E-state index in [1.807, 2.05) is 29.2 Å². The smallest absolute Gasteiger partial charge is 0.227 e. The SMILES string of the molecule is CC(CC(=O)N1CCC(N)c2ccccc21)CC(C)(C)C. The van der Waals surface area contributed by atoms with Crippen molar-refractivity contribution in [1.29, 1.82) is 0 Å². The number of benzene rings is 1. The first-order valence-electron chi connectivity index (χ1n) is 7.93. The Hall–Kier alpha value is -1.35. The van der Waals surface area contributed by atoms with Crippen LogP contribution in [0, 0.1) is 11.3 Å². The van der Waals surface area contributed by atoms with E-state index in [1.54, 1.807) is 0 Å². The van der Waals surface area contributed by atoms with E-state index in [2.05, 4.69) is 27.7 Å².